The molecule has 8 nitrogen and oxygen atoms in total. The highest BCUT2D eigenvalue weighted by atomic mass is 16.3. The Kier molecular flexibility index (Phi) is 5.62. The summed E-state index contributed by atoms with van der Waals surface area (Å²) in [7, 11) is 0. The van der Waals surface area contributed by atoms with E-state index in [1.165, 1.54) is 6.39 Å². The van der Waals surface area contributed by atoms with Gasteiger partial charge in [0.1, 0.15) is 11.5 Å². The Morgan fingerprint density at radius 1 is 1.04 bits per heavy atom. The van der Waals surface area contributed by atoms with Gasteiger partial charge in [-0.1, -0.05) is 13.8 Å². The number of hydrogen-bond donors (Lipinski definition) is 0. The number of aromatic nitrogens is 3. The molecule has 2 amide bonds. The molecule has 1 aliphatic rings. The van der Waals surface area contributed by atoms with Crippen LogP contribution >= 0.6 is 0 Å². The third kappa shape index (κ3) is 3.89. The molecule has 1 saturated heterocycles. The van der Waals surface area contributed by atoms with Crippen molar-refractivity contribution >= 4 is 11.8 Å². The minimum Gasteiger partial charge on any atom is -0.447 e. The summed E-state index contributed by atoms with van der Waals surface area (Å²) in [6, 6.07) is 1.87. The number of hydrogen-bond acceptors (Lipinski definition) is 5. The van der Waals surface area contributed by atoms with Crippen molar-refractivity contribution < 1.29 is 14.0 Å². The Morgan fingerprint density at radius 2 is 1.70 bits per heavy atom. The number of carbonyl (C=O) groups is 2. The first-order valence-corrected chi connectivity index (χ1v) is 9.45. The number of carbonyl (C=O) groups excluding carboxylic acids is 2. The van der Waals surface area contributed by atoms with Crippen molar-refractivity contribution in [2.45, 2.75) is 46.1 Å². The predicted octanol–water partition coefficient (Wildman–Crippen LogP) is 2.56. The zero-order chi connectivity index (χ0) is 19.6. The first kappa shape index (κ1) is 19.1. The number of nitrogens with zero attached hydrogens (tertiary/aromatic N) is 5. The second kappa shape index (κ2) is 7.94. The SMILES string of the molecule is CC(C)c1ocnc1C(=O)N1CCCN(C(=O)c2ccnn2C(C)C)CC1. The van der Waals surface area contributed by atoms with Crippen LogP contribution in [0.4, 0.5) is 0 Å². The summed E-state index contributed by atoms with van der Waals surface area (Å²) in [5, 5.41) is 4.24. The molecule has 1 aliphatic heterocycles. The van der Waals surface area contributed by atoms with Crippen molar-refractivity contribution in [2.75, 3.05) is 26.2 Å². The maximum Gasteiger partial charge on any atom is 0.276 e. The topological polar surface area (TPSA) is 84.5 Å². The van der Waals surface area contributed by atoms with Crippen LogP contribution in [-0.2, 0) is 0 Å². The minimum atomic E-state index is -0.131. The van der Waals surface area contributed by atoms with E-state index in [1.807, 2.05) is 27.7 Å². The Bertz CT molecular complexity index is 742. The van der Waals surface area contributed by atoms with E-state index in [2.05, 4.69) is 10.1 Å². The zero-order valence-corrected chi connectivity index (χ0v) is 16.4. The van der Waals surface area contributed by atoms with E-state index in [-0.39, 0.29) is 23.8 Å². The maximum atomic E-state index is 12.9. The Balaban J connectivity index is 1.70. The molecule has 3 rings (SSSR count). The molecule has 0 aliphatic carbocycles. The third-order valence-electron chi connectivity index (χ3n) is 4.77. The Morgan fingerprint density at radius 3 is 2.33 bits per heavy atom. The standard InChI is InChI=1S/C19H27N5O3/c1-13(2)17-16(20-12-27-17)19(26)23-9-5-8-22(10-11-23)18(25)15-6-7-21-24(15)14(3)4/h6-7,12-14H,5,8-11H2,1-4H3. The molecule has 0 aromatic carbocycles. The molecule has 0 spiro atoms. The molecular weight excluding hydrogens is 346 g/mol. The van der Waals surface area contributed by atoms with Crippen LogP contribution in [0.5, 0.6) is 0 Å². The molecule has 1 fully saturated rings. The maximum absolute atomic E-state index is 12.9. The fourth-order valence-corrected chi connectivity index (χ4v) is 3.36. The molecule has 2 aromatic heterocycles. The molecular formula is C19H27N5O3. The molecule has 3 heterocycles. The lowest BCUT2D eigenvalue weighted by Crippen LogP contribution is -2.38. The van der Waals surface area contributed by atoms with Crippen molar-refractivity contribution in [3.05, 3.63) is 35.8 Å². The van der Waals surface area contributed by atoms with Crippen molar-refractivity contribution in [2.24, 2.45) is 0 Å². The lowest BCUT2D eigenvalue weighted by atomic mass is 10.1. The first-order chi connectivity index (χ1) is 12.9. The summed E-state index contributed by atoms with van der Waals surface area (Å²) in [6.07, 6.45) is 3.70. The molecule has 0 N–H and O–H groups in total. The highest BCUT2D eigenvalue weighted by Gasteiger charge is 2.28. The largest absolute Gasteiger partial charge is 0.447 e. The lowest BCUT2D eigenvalue weighted by Gasteiger charge is -2.22. The third-order valence-corrected chi connectivity index (χ3v) is 4.77. The fourth-order valence-electron chi connectivity index (χ4n) is 3.36. The number of oxazole rings is 1. The van der Waals surface area contributed by atoms with Crippen LogP contribution in [0.3, 0.4) is 0 Å². The Labute approximate surface area is 159 Å². The molecule has 8 heteroatoms. The predicted molar refractivity (Wildman–Crippen MR) is 99.6 cm³/mol. The van der Waals surface area contributed by atoms with E-state index in [4.69, 9.17) is 4.42 Å². The highest BCUT2D eigenvalue weighted by Crippen LogP contribution is 2.21. The summed E-state index contributed by atoms with van der Waals surface area (Å²) in [6.45, 7) is 10.1. The van der Waals surface area contributed by atoms with Gasteiger partial charge in [-0.2, -0.15) is 5.10 Å². The van der Waals surface area contributed by atoms with Gasteiger partial charge in [-0.3, -0.25) is 14.3 Å². The summed E-state index contributed by atoms with van der Waals surface area (Å²) in [5.41, 5.74) is 0.964. The van der Waals surface area contributed by atoms with Gasteiger partial charge in [0.15, 0.2) is 12.1 Å². The molecule has 27 heavy (non-hydrogen) atoms. The normalized spacial score (nSPS) is 15.5. The molecule has 2 aromatic rings. The molecule has 0 saturated carbocycles. The monoisotopic (exact) mass is 373 g/mol. The van der Waals surface area contributed by atoms with E-state index >= 15 is 0 Å². The van der Waals surface area contributed by atoms with E-state index < -0.39 is 0 Å². The van der Waals surface area contributed by atoms with E-state index in [0.29, 0.717) is 43.3 Å². The second-order valence-electron chi connectivity index (χ2n) is 7.41. The van der Waals surface area contributed by atoms with Crippen LogP contribution in [0, 0.1) is 0 Å². The van der Waals surface area contributed by atoms with Crippen LogP contribution in [0.2, 0.25) is 0 Å². The zero-order valence-electron chi connectivity index (χ0n) is 16.4. The summed E-state index contributed by atoms with van der Waals surface area (Å²) < 4.78 is 7.12. The van der Waals surface area contributed by atoms with Crippen molar-refractivity contribution in [1.82, 2.24) is 24.6 Å². The van der Waals surface area contributed by atoms with Crippen LogP contribution in [0.15, 0.2) is 23.1 Å². The molecule has 0 radical (unpaired) electrons. The highest BCUT2D eigenvalue weighted by molar-refractivity contribution is 5.94. The van der Waals surface area contributed by atoms with E-state index in [0.717, 1.165) is 6.42 Å². The van der Waals surface area contributed by atoms with Gasteiger partial charge in [0.25, 0.3) is 11.8 Å². The van der Waals surface area contributed by atoms with Crippen molar-refractivity contribution in [3.63, 3.8) is 0 Å². The van der Waals surface area contributed by atoms with Gasteiger partial charge in [-0.25, -0.2) is 4.98 Å². The Hall–Kier alpha value is -2.64. The van der Waals surface area contributed by atoms with Gasteiger partial charge in [-0.15, -0.1) is 0 Å². The number of rotatable bonds is 4. The average Bonchev–Trinajstić information content (AvgIpc) is 3.25. The fraction of sp³-hybridized carbons (Fsp3) is 0.579. The van der Waals surface area contributed by atoms with Crippen molar-refractivity contribution in [3.8, 4) is 0 Å². The molecule has 0 atom stereocenters. The van der Waals surface area contributed by atoms with E-state index in [1.54, 1.807) is 26.7 Å². The molecule has 0 bridgehead atoms. The van der Waals surface area contributed by atoms with Crippen molar-refractivity contribution in [1.29, 1.82) is 0 Å². The van der Waals surface area contributed by atoms with Gasteiger partial charge in [0.05, 0.1) is 0 Å². The summed E-state index contributed by atoms with van der Waals surface area (Å²) in [4.78, 5) is 33.5. The van der Waals surface area contributed by atoms with Crippen LogP contribution in [0.25, 0.3) is 0 Å². The summed E-state index contributed by atoms with van der Waals surface area (Å²) in [5.74, 6) is 0.527. The van der Waals surface area contributed by atoms with Crippen LogP contribution < -0.4 is 0 Å². The van der Waals surface area contributed by atoms with Crippen LogP contribution in [-0.4, -0.2) is 62.6 Å². The van der Waals surface area contributed by atoms with Crippen LogP contribution in [0.1, 0.15) is 72.8 Å². The van der Waals surface area contributed by atoms with Gasteiger partial charge in [0, 0.05) is 44.3 Å². The van der Waals surface area contributed by atoms with Gasteiger partial charge in [-0.05, 0) is 26.3 Å². The van der Waals surface area contributed by atoms with Gasteiger partial charge < -0.3 is 14.2 Å². The minimum absolute atomic E-state index is 0.0418. The molecule has 146 valence electrons. The van der Waals surface area contributed by atoms with E-state index in [9.17, 15) is 9.59 Å². The summed E-state index contributed by atoms with van der Waals surface area (Å²) >= 11 is 0. The molecule has 0 unspecified atom stereocenters. The second-order valence-corrected chi connectivity index (χ2v) is 7.41. The smallest absolute Gasteiger partial charge is 0.276 e. The lowest BCUT2D eigenvalue weighted by molar-refractivity contribution is 0.0707. The quantitative estimate of drug-likeness (QED) is 0.822. The first-order valence-electron chi connectivity index (χ1n) is 9.45. The van der Waals surface area contributed by atoms with Gasteiger partial charge in [0.2, 0.25) is 0 Å². The van der Waals surface area contributed by atoms with Gasteiger partial charge >= 0.3 is 0 Å². The number of amides is 2. The average molecular weight is 373 g/mol.